The number of hydrogen-bond donors (Lipinski definition) is 2. The van der Waals surface area contributed by atoms with Crippen molar-refractivity contribution in [2.45, 2.75) is 19.4 Å². The zero-order valence-corrected chi connectivity index (χ0v) is 13.5. The summed E-state index contributed by atoms with van der Waals surface area (Å²) in [5.41, 5.74) is 0.448. The maximum atomic E-state index is 13.7. The summed E-state index contributed by atoms with van der Waals surface area (Å²) in [7, 11) is 0. The highest BCUT2D eigenvalue weighted by Crippen LogP contribution is 2.21. The predicted molar refractivity (Wildman–Crippen MR) is 85.5 cm³/mol. The molecule has 0 aliphatic carbocycles. The summed E-state index contributed by atoms with van der Waals surface area (Å²) in [6, 6.07) is 6.33. The molecule has 1 saturated heterocycles. The Morgan fingerprint density at radius 3 is 2.92 bits per heavy atom. The number of halogens is 1. The van der Waals surface area contributed by atoms with Crippen LogP contribution in [0, 0.1) is 11.7 Å². The Balaban J connectivity index is 1.84. The largest absolute Gasteiger partial charge is 0.394 e. The Hall–Kier alpha value is -1.99. The van der Waals surface area contributed by atoms with Crippen LogP contribution in [0.1, 0.15) is 18.4 Å². The average molecular weight is 338 g/mol. The van der Waals surface area contributed by atoms with E-state index in [2.05, 4.69) is 5.32 Å². The van der Waals surface area contributed by atoms with Gasteiger partial charge in [-0.25, -0.2) is 4.39 Å². The summed E-state index contributed by atoms with van der Waals surface area (Å²) < 4.78 is 18.8. The smallest absolute Gasteiger partial charge is 0.224 e. The number of hydrogen-bond acceptors (Lipinski definition) is 4. The molecule has 2 N–H and O–H groups in total. The van der Waals surface area contributed by atoms with Crippen molar-refractivity contribution in [3.8, 4) is 0 Å². The van der Waals surface area contributed by atoms with E-state index in [-0.39, 0.29) is 56.3 Å². The van der Waals surface area contributed by atoms with E-state index in [1.54, 1.807) is 18.2 Å². The predicted octanol–water partition coefficient (Wildman–Crippen LogP) is 0.689. The third-order valence-electron chi connectivity index (χ3n) is 3.97. The van der Waals surface area contributed by atoms with Gasteiger partial charge in [-0.1, -0.05) is 18.2 Å². The monoisotopic (exact) mass is 338 g/mol. The van der Waals surface area contributed by atoms with E-state index in [4.69, 9.17) is 9.84 Å². The lowest BCUT2D eigenvalue weighted by molar-refractivity contribution is -0.139. The first kappa shape index (κ1) is 18.4. The number of piperidine rings is 1. The number of nitrogens with one attached hydrogen (secondary N) is 1. The van der Waals surface area contributed by atoms with Crippen molar-refractivity contribution in [1.29, 1.82) is 0 Å². The van der Waals surface area contributed by atoms with Crippen LogP contribution < -0.4 is 5.32 Å². The Kier molecular flexibility index (Phi) is 7.14. The van der Waals surface area contributed by atoms with E-state index in [9.17, 15) is 14.0 Å². The van der Waals surface area contributed by atoms with E-state index in [1.807, 2.05) is 0 Å². The van der Waals surface area contributed by atoms with Gasteiger partial charge in [0.05, 0.1) is 25.7 Å². The molecule has 1 aliphatic heterocycles. The number of likely N-dealkylation sites (tertiary alicyclic amines) is 1. The van der Waals surface area contributed by atoms with Gasteiger partial charge in [0.25, 0.3) is 0 Å². The molecule has 2 amide bonds. The molecule has 0 radical (unpaired) electrons. The van der Waals surface area contributed by atoms with E-state index >= 15 is 0 Å². The Morgan fingerprint density at radius 2 is 2.17 bits per heavy atom. The number of aliphatic hydroxyl groups is 1. The Labute approximate surface area is 140 Å². The highest BCUT2D eigenvalue weighted by atomic mass is 19.1. The van der Waals surface area contributed by atoms with Gasteiger partial charge in [-0.15, -0.1) is 0 Å². The van der Waals surface area contributed by atoms with Crippen LogP contribution in [-0.4, -0.2) is 54.7 Å². The fraction of sp³-hybridized carbons (Fsp3) is 0.529. The van der Waals surface area contributed by atoms with Crippen molar-refractivity contribution in [3.63, 3.8) is 0 Å². The first-order chi connectivity index (χ1) is 11.6. The number of amides is 2. The molecule has 1 atom stereocenters. The molecule has 2 rings (SSSR count). The van der Waals surface area contributed by atoms with Crippen molar-refractivity contribution in [3.05, 3.63) is 35.6 Å². The van der Waals surface area contributed by atoms with Crippen LogP contribution in [0.3, 0.4) is 0 Å². The van der Waals surface area contributed by atoms with Gasteiger partial charge < -0.3 is 20.1 Å². The molecule has 0 unspecified atom stereocenters. The summed E-state index contributed by atoms with van der Waals surface area (Å²) >= 11 is 0. The van der Waals surface area contributed by atoms with Gasteiger partial charge in [0.1, 0.15) is 5.82 Å². The van der Waals surface area contributed by atoms with Crippen LogP contribution in [0.5, 0.6) is 0 Å². The van der Waals surface area contributed by atoms with Crippen LogP contribution in [0.25, 0.3) is 0 Å². The fourth-order valence-corrected chi connectivity index (χ4v) is 2.67. The topological polar surface area (TPSA) is 78.9 Å². The molecule has 7 heteroatoms. The van der Waals surface area contributed by atoms with Gasteiger partial charge in [-0.3, -0.25) is 9.59 Å². The maximum Gasteiger partial charge on any atom is 0.224 e. The van der Waals surface area contributed by atoms with E-state index in [0.717, 1.165) is 0 Å². The average Bonchev–Trinajstić information content (AvgIpc) is 2.58. The van der Waals surface area contributed by atoms with Gasteiger partial charge in [0.2, 0.25) is 11.8 Å². The standard InChI is InChI=1S/C17H23FN2O4/c18-15-4-2-1-3-13(15)11-20-12-14(5-6-16(20)22)17(23)19-7-9-24-10-8-21/h1-4,14,21H,5-12H2,(H,19,23)/t14-/m0/s1. The van der Waals surface area contributed by atoms with E-state index in [0.29, 0.717) is 25.1 Å². The number of carbonyl (C=O) groups is 2. The second kappa shape index (κ2) is 9.34. The lowest BCUT2D eigenvalue weighted by Crippen LogP contribution is -2.46. The second-order valence-corrected chi connectivity index (χ2v) is 5.73. The molecule has 6 nitrogen and oxygen atoms in total. The van der Waals surface area contributed by atoms with Crippen molar-refractivity contribution in [2.75, 3.05) is 32.9 Å². The molecular formula is C17H23FN2O4. The van der Waals surface area contributed by atoms with Crippen molar-refractivity contribution in [1.82, 2.24) is 10.2 Å². The molecule has 1 aliphatic rings. The van der Waals surface area contributed by atoms with Gasteiger partial charge in [-0.2, -0.15) is 0 Å². The van der Waals surface area contributed by atoms with Gasteiger partial charge in [-0.05, 0) is 12.5 Å². The number of nitrogens with zero attached hydrogens (tertiary/aromatic N) is 1. The molecule has 1 aromatic carbocycles. The highest BCUT2D eigenvalue weighted by Gasteiger charge is 2.30. The quantitative estimate of drug-likeness (QED) is 0.684. The van der Waals surface area contributed by atoms with E-state index in [1.165, 1.54) is 11.0 Å². The molecule has 1 fully saturated rings. The Morgan fingerprint density at radius 1 is 1.38 bits per heavy atom. The minimum Gasteiger partial charge on any atom is -0.394 e. The summed E-state index contributed by atoms with van der Waals surface area (Å²) in [5.74, 6) is -0.840. The third-order valence-corrected chi connectivity index (χ3v) is 3.97. The fourth-order valence-electron chi connectivity index (χ4n) is 2.67. The molecule has 24 heavy (non-hydrogen) atoms. The summed E-state index contributed by atoms with van der Waals surface area (Å²) in [6.45, 7) is 1.34. The summed E-state index contributed by atoms with van der Waals surface area (Å²) in [4.78, 5) is 25.7. The first-order valence-electron chi connectivity index (χ1n) is 8.09. The highest BCUT2D eigenvalue weighted by molar-refractivity contribution is 5.83. The van der Waals surface area contributed by atoms with Crippen molar-refractivity contribution < 1.29 is 23.8 Å². The molecule has 0 saturated carbocycles. The minimum absolute atomic E-state index is 0.0519. The SMILES string of the molecule is O=C(NCCOCCO)[C@H]1CCC(=O)N(Cc2ccccc2F)C1. The molecule has 0 aromatic heterocycles. The van der Waals surface area contributed by atoms with Gasteiger partial charge in [0.15, 0.2) is 0 Å². The van der Waals surface area contributed by atoms with Crippen LogP contribution in [-0.2, 0) is 20.9 Å². The molecule has 0 spiro atoms. The maximum absolute atomic E-state index is 13.7. The zero-order valence-electron chi connectivity index (χ0n) is 13.5. The molecule has 0 bridgehead atoms. The second-order valence-electron chi connectivity index (χ2n) is 5.73. The van der Waals surface area contributed by atoms with Crippen LogP contribution >= 0.6 is 0 Å². The molecule has 1 aromatic rings. The molecule has 1 heterocycles. The van der Waals surface area contributed by atoms with Gasteiger partial charge >= 0.3 is 0 Å². The number of ether oxygens (including phenoxy) is 1. The normalized spacial score (nSPS) is 17.8. The number of benzene rings is 1. The Bertz CT molecular complexity index is 567. The third kappa shape index (κ3) is 5.28. The van der Waals surface area contributed by atoms with E-state index < -0.39 is 0 Å². The lowest BCUT2D eigenvalue weighted by Gasteiger charge is -2.32. The summed E-state index contributed by atoms with van der Waals surface area (Å²) in [5, 5.41) is 11.4. The van der Waals surface area contributed by atoms with Crippen molar-refractivity contribution >= 4 is 11.8 Å². The van der Waals surface area contributed by atoms with Crippen LogP contribution in [0.2, 0.25) is 0 Å². The molecule has 132 valence electrons. The number of rotatable bonds is 8. The minimum atomic E-state index is -0.349. The number of aliphatic hydroxyl groups excluding tert-OH is 1. The first-order valence-corrected chi connectivity index (χ1v) is 8.09. The molecular weight excluding hydrogens is 315 g/mol. The lowest BCUT2D eigenvalue weighted by atomic mass is 9.96. The van der Waals surface area contributed by atoms with Crippen LogP contribution in [0.15, 0.2) is 24.3 Å². The number of carbonyl (C=O) groups excluding carboxylic acids is 2. The zero-order chi connectivity index (χ0) is 17.4. The van der Waals surface area contributed by atoms with Crippen LogP contribution in [0.4, 0.5) is 4.39 Å². The summed E-state index contributed by atoms with van der Waals surface area (Å²) in [6.07, 6.45) is 0.781. The van der Waals surface area contributed by atoms with Crippen molar-refractivity contribution in [2.24, 2.45) is 5.92 Å². The van der Waals surface area contributed by atoms with Gasteiger partial charge in [0, 0.05) is 31.6 Å².